The van der Waals surface area contributed by atoms with E-state index in [1.165, 1.54) is 8.61 Å². The monoisotopic (exact) mass is 427 g/mol. The van der Waals surface area contributed by atoms with Crippen LogP contribution in [-0.2, 0) is 21.5 Å². The fourth-order valence-corrected chi connectivity index (χ4v) is 4.81. The van der Waals surface area contributed by atoms with E-state index in [-0.39, 0.29) is 13.1 Å². The lowest BCUT2D eigenvalue weighted by molar-refractivity contribution is -0.116. The fourth-order valence-electron chi connectivity index (χ4n) is 2.86. The fraction of sp³-hybridized carbons (Fsp3) is 0.278. The van der Waals surface area contributed by atoms with Crippen LogP contribution in [0.5, 0.6) is 0 Å². The Morgan fingerprint density at radius 1 is 1.00 bits per heavy atom. The third-order valence-electron chi connectivity index (χ3n) is 4.17. The number of carbonyl (C=O) groups is 1. The number of halogens is 2. The molecular formula is C18H19Cl2N3O3S. The average molecular weight is 428 g/mol. The van der Waals surface area contributed by atoms with Crippen LogP contribution in [0.3, 0.4) is 0 Å². The predicted octanol–water partition coefficient (Wildman–Crippen LogP) is 3.38. The molecule has 27 heavy (non-hydrogen) atoms. The van der Waals surface area contributed by atoms with Gasteiger partial charge in [0.25, 0.3) is 10.2 Å². The molecule has 1 N–H and O–H groups in total. The van der Waals surface area contributed by atoms with E-state index < -0.39 is 16.1 Å². The molecule has 2 aromatic carbocycles. The zero-order valence-electron chi connectivity index (χ0n) is 14.4. The van der Waals surface area contributed by atoms with Gasteiger partial charge >= 0.3 is 0 Å². The van der Waals surface area contributed by atoms with Crippen LogP contribution < -0.4 is 5.32 Å². The lowest BCUT2D eigenvalue weighted by Crippen LogP contribution is -2.51. The molecule has 9 heteroatoms. The van der Waals surface area contributed by atoms with Crippen molar-refractivity contribution < 1.29 is 13.2 Å². The molecule has 144 valence electrons. The number of hydrogen-bond donors (Lipinski definition) is 1. The summed E-state index contributed by atoms with van der Waals surface area (Å²) in [4.78, 5) is 12.3. The number of rotatable bonds is 5. The van der Waals surface area contributed by atoms with Crippen molar-refractivity contribution in [3.05, 3.63) is 64.1 Å². The van der Waals surface area contributed by atoms with Gasteiger partial charge in [-0.15, -0.1) is 0 Å². The Morgan fingerprint density at radius 3 is 2.41 bits per heavy atom. The lowest BCUT2D eigenvalue weighted by atomic mass is 10.2. The molecule has 0 aromatic heterocycles. The number of nitrogens with one attached hydrogen (secondary N) is 1. The van der Waals surface area contributed by atoms with E-state index in [0.29, 0.717) is 35.2 Å². The topological polar surface area (TPSA) is 69.7 Å². The second-order valence-corrected chi connectivity index (χ2v) is 9.01. The summed E-state index contributed by atoms with van der Waals surface area (Å²) in [5.74, 6) is -0.408. The van der Waals surface area contributed by atoms with Gasteiger partial charge in [-0.2, -0.15) is 17.0 Å². The van der Waals surface area contributed by atoms with Crippen molar-refractivity contribution in [3.8, 4) is 0 Å². The third-order valence-corrected chi connectivity index (χ3v) is 6.58. The normalized spacial score (nSPS) is 17.6. The molecule has 1 aliphatic heterocycles. The number of carbonyl (C=O) groups excluding carboxylic acids is 1. The van der Waals surface area contributed by atoms with Crippen molar-refractivity contribution in [2.24, 2.45) is 0 Å². The molecule has 1 amide bonds. The summed E-state index contributed by atoms with van der Waals surface area (Å²) >= 11 is 11.8. The summed E-state index contributed by atoms with van der Waals surface area (Å²) in [5.41, 5.74) is 1.37. The first-order chi connectivity index (χ1) is 12.8. The zero-order chi connectivity index (χ0) is 19.4. The van der Waals surface area contributed by atoms with Crippen molar-refractivity contribution in [1.29, 1.82) is 0 Å². The van der Waals surface area contributed by atoms with E-state index in [4.69, 9.17) is 23.2 Å². The standard InChI is InChI=1S/C18H19Cl2N3O3S/c19-15-7-5-14(6-8-15)12-22-9-2-10-23(27(22,25)26)13-18(24)21-17-4-1-3-16(20)11-17/h1,3-8,11H,2,9-10,12-13H2,(H,21,24). The number of nitrogens with zero attached hydrogens (tertiary/aromatic N) is 2. The number of benzene rings is 2. The molecule has 1 saturated heterocycles. The quantitative estimate of drug-likeness (QED) is 0.794. The van der Waals surface area contributed by atoms with Crippen LogP contribution in [0.4, 0.5) is 5.69 Å². The highest BCUT2D eigenvalue weighted by atomic mass is 35.5. The van der Waals surface area contributed by atoms with E-state index in [2.05, 4.69) is 5.32 Å². The molecular weight excluding hydrogens is 409 g/mol. The molecule has 6 nitrogen and oxygen atoms in total. The van der Waals surface area contributed by atoms with Crippen LogP contribution in [0, 0.1) is 0 Å². The first-order valence-electron chi connectivity index (χ1n) is 8.40. The summed E-state index contributed by atoms with van der Waals surface area (Å²) in [6.07, 6.45) is 0.650. The molecule has 2 aromatic rings. The number of anilines is 1. The SMILES string of the molecule is O=C(CN1CCCN(Cc2ccc(Cl)cc2)S1(=O)=O)Nc1cccc(Cl)c1. The van der Waals surface area contributed by atoms with E-state index in [1.807, 2.05) is 0 Å². The van der Waals surface area contributed by atoms with Crippen LogP contribution in [0.2, 0.25) is 10.0 Å². The molecule has 0 spiro atoms. The summed E-state index contributed by atoms with van der Waals surface area (Å²) in [6.45, 7) is 0.720. The molecule has 0 bridgehead atoms. The van der Waals surface area contributed by atoms with Gasteiger partial charge in [-0.1, -0.05) is 41.4 Å². The van der Waals surface area contributed by atoms with Gasteiger partial charge in [0.2, 0.25) is 5.91 Å². The zero-order valence-corrected chi connectivity index (χ0v) is 16.8. The number of hydrogen-bond acceptors (Lipinski definition) is 3. The van der Waals surface area contributed by atoms with Crippen molar-refractivity contribution in [1.82, 2.24) is 8.61 Å². The lowest BCUT2D eigenvalue weighted by Gasteiger charge is -2.34. The number of amides is 1. The largest absolute Gasteiger partial charge is 0.325 e. The first-order valence-corrected chi connectivity index (χ1v) is 10.5. The van der Waals surface area contributed by atoms with Gasteiger partial charge in [-0.3, -0.25) is 4.79 Å². The van der Waals surface area contributed by atoms with Crippen molar-refractivity contribution in [2.45, 2.75) is 13.0 Å². The van der Waals surface area contributed by atoms with Crippen LogP contribution in [0.1, 0.15) is 12.0 Å². The molecule has 0 saturated carbocycles. The average Bonchev–Trinajstić information content (AvgIpc) is 2.60. The van der Waals surface area contributed by atoms with Gasteiger partial charge in [0.1, 0.15) is 0 Å². The molecule has 1 heterocycles. The predicted molar refractivity (Wildman–Crippen MR) is 107 cm³/mol. The van der Waals surface area contributed by atoms with Gasteiger partial charge in [-0.05, 0) is 42.3 Å². The van der Waals surface area contributed by atoms with Gasteiger partial charge in [0.15, 0.2) is 0 Å². The van der Waals surface area contributed by atoms with Crippen molar-refractivity contribution in [2.75, 3.05) is 25.0 Å². The van der Waals surface area contributed by atoms with E-state index in [9.17, 15) is 13.2 Å². The second-order valence-electron chi connectivity index (χ2n) is 6.21. The Balaban J connectivity index is 1.66. The highest BCUT2D eigenvalue weighted by molar-refractivity contribution is 7.86. The third kappa shape index (κ3) is 5.21. The molecule has 0 atom stereocenters. The van der Waals surface area contributed by atoms with Crippen LogP contribution >= 0.6 is 23.2 Å². The maximum Gasteiger partial charge on any atom is 0.282 e. The smallest absolute Gasteiger partial charge is 0.282 e. The van der Waals surface area contributed by atoms with Gasteiger partial charge in [0.05, 0.1) is 6.54 Å². The molecule has 0 aliphatic carbocycles. The summed E-state index contributed by atoms with van der Waals surface area (Å²) in [5, 5.41) is 3.77. The maximum atomic E-state index is 12.9. The Bertz CT molecular complexity index is 920. The minimum absolute atomic E-state index is 0.242. The highest BCUT2D eigenvalue weighted by Gasteiger charge is 2.34. The van der Waals surface area contributed by atoms with Gasteiger partial charge < -0.3 is 5.32 Å². The first kappa shape index (κ1) is 20.1. The van der Waals surface area contributed by atoms with E-state index in [1.54, 1.807) is 48.5 Å². The Hall–Kier alpha value is -1.64. The summed E-state index contributed by atoms with van der Waals surface area (Å²) in [7, 11) is -3.72. The minimum atomic E-state index is -3.72. The Labute approximate surface area is 168 Å². The minimum Gasteiger partial charge on any atom is -0.325 e. The van der Waals surface area contributed by atoms with Crippen molar-refractivity contribution >= 4 is 45.0 Å². The molecule has 0 unspecified atom stereocenters. The van der Waals surface area contributed by atoms with Crippen LogP contribution in [0.15, 0.2) is 48.5 Å². The van der Waals surface area contributed by atoms with Gasteiger partial charge in [-0.25, -0.2) is 0 Å². The highest BCUT2D eigenvalue weighted by Crippen LogP contribution is 2.21. The molecule has 0 radical (unpaired) electrons. The van der Waals surface area contributed by atoms with Gasteiger partial charge in [0, 0.05) is 35.4 Å². The van der Waals surface area contributed by atoms with E-state index >= 15 is 0 Å². The van der Waals surface area contributed by atoms with E-state index in [0.717, 1.165) is 5.56 Å². The molecule has 3 rings (SSSR count). The van der Waals surface area contributed by atoms with Crippen LogP contribution in [0.25, 0.3) is 0 Å². The Kier molecular flexibility index (Phi) is 6.39. The summed E-state index contributed by atoms with van der Waals surface area (Å²) in [6, 6.07) is 13.8. The maximum absolute atomic E-state index is 12.9. The molecule has 1 aliphatic rings. The summed E-state index contributed by atoms with van der Waals surface area (Å²) < 4.78 is 28.3. The van der Waals surface area contributed by atoms with Crippen molar-refractivity contribution in [3.63, 3.8) is 0 Å². The molecule has 1 fully saturated rings. The second kappa shape index (κ2) is 8.58. The Morgan fingerprint density at radius 2 is 1.70 bits per heavy atom. The van der Waals surface area contributed by atoms with Crippen LogP contribution in [-0.4, -0.2) is 42.6 Å².